The molecule has 0 bridgehead atoms. The van der Waals surface area contributed by atoms with Gasteiger partial charge in [0.2, 0.25) is 10.0 Å². The van der Waals surface area contributed by atoms with Crippen LogP contribution in [0.4, 0.5) is 10.1 Å². The summed E-state index contributed by atoms with van der Waals surface area (Å²) in [6, 6.07) is 7.30. The van der Waals surface area contributed by atoms with Crippen molar-refractivity contribution in [2.24, 2.45) is 0 Å². The first-order valence-electron chi connectivity index (χ1n) is 8.81. The summed E-state index contributed by atoms with van der Waals surface area (Å²) >= 11 is 11.6. The number of nitrogens with zero attached hydrogens (tertiary/aromatic N) is 1. The van der Waals surface area contributed by atoms with Crippen molar-refractivity contribution in [1.29, 1.82) is 0 Å². The SMILES string of the molecule is CCN(CC)S(=O)(=O)c1ccc(Cl)c(C(=O)OCC(=O)Nc2ccc(Cl)cc2F)c1. The summed E-state index contributed by atoms with van der Waals surface area (Å²) in [5, 5.41) is 2.36. The number of amides is 1. The number of rotatable bonds is 8. The molecule has 0 unspecified atom stereocenters. The Hall–Kier alpha value is -2.20. The Morgan fingerprint density at radius 2 is 1.77 bits per heavy atom. The highest BCUT2D eigenvalue weighted by atomic mass is 35.5. The van der Waals surface area contributed by atoms with Crippen LogP contribution in [0.1, 0.15) is 24.2 Å². The van der Waals surface area contributed by atoms with Crippen molar-refractivity contribution in [3.05, 3.63) is 57.8 Å². The minimum Gasteiger partial charge on any atom is -0.452 e. The fourth-order valence-corrected chi connectivity index (χ4v) is 4.36. The Labute approximate surface area is 183 Å². The van der Waals surface area contributed by atoms with Gasteiger partial charge in [-0.15, -0.1) is 0 Å². The molecule has 0 aromatic heterocycles. The molecule has 0 atom stereocenters. The van der Waals surface area contributed by atoms with Gasteiger partial charge >= 0.3 is 5.97 Å². The van der Waals surface area contributed by atoms with Gasteiger partial charge < -0.3 is 10.1 Å². The molecule has 0 aliphatic rings. The number of hydrogen-bond donors (Lipinski definition) is 1. The van der Waals surface area contributed by atoms with E-state index in [9.17, 15) is 22.4 Å². The number of esters is 1. The van der Waals surface area contributed by atoms with Crippen LogP contribution >= 0.6 is 23.2 Å². The molecule has 0 aliphatic carbocycles. The summed E-state index contributed by atoms with van der Waals surface area (Å²) in [7, 11) is -3.82. The molecular formula is C19H19Cl2FN2O5S. The minimum absolute atomic E-state index is 0.0392. The van der Waals surface area contributed by atoms with Gasteiger partial charge in [0.05, 0.1) is 21.2 Å². The molecule has 11 heteroatoms. The highest BCUT2D eigenvalue weighted by Crippen LogP contribution is 2.24. The highest BCUT2D eigenvalue weighted by Gasteiger charge is 2.24. The van der Waals surface area contributed by atoms with E-state index >= 15 is 0 Å². The van der Waals surface area contributed by atoms with Gasteiger partial charge in [0.25, 0.3) is 5.91 Å². The van der Waals surface area contributed by atoms with Gasteiger partial charge in [0, 0.05) is 18.1 Å². The third kappa shape index (κ3) is 5.69. The molecule has 1 amide bonds. The molecule has 30 heavy (non-hydrogen) atoms. The van der Waals surface area contributed by atoms with Gasteiger partial charge in [-0.2, -0.15) is 4.31 Å². The normalized spacial score (nSPS) is 11.4. The average molecular weight is 477 g/mol. The summed E-state index contributed by atoms with van der Waals surface area (Å²) in [5.41, 5.74) is -0.346. The third-order valence-electron chi connectivity index (χ3n) is 4.04. The Morgan fingerprint density at radius 3 is 2.37 bits per heavy atom. The lowest BCUT2D eigenvalue weighted by molar-refractivity contribution is -0.119. The van der Waals surface area contributed by atoms with Crippen LogP contribution in [0.25, 0.3) is 0 Å². The zero-order valence-electron chi connectivity index (χ0n) is 16.1. The lowest BCUT2D eigenvalue weighted by Gasteiger charge is -2.19. The second-order valence-corrected chi connectivity index (χ2v) is 8.76. The van der Waals surface area contributed by atoms with Crippen LogP contribution in [-0.4, -0.2) is 44.3 Å². The van der Waals surface area contributed by atoms with Gasteiger partial charge in [-0.05, 0) is 36.4 Å². The molecule has 0 aliphatic heterocycles. The van der Waals surface area contributed by atoms with Gasteiger partial charge in [-0.1, -0.05) is 37.0 Å². The maximum Gasteiger partial charge on any atom is 0.340 e. The standard InChI is InChI=1S/C19H19Cl2FN2O5S/c1-3-24(4-2)30(27,28)13-6-7-15(21)14(10-13)19(26)29-11-18(25)23-17-8-5-12(20)9-16(17)22/h5-10H,3-4,11H2,1-2H3,(H,23,25). The Bertz CT molecular complexity index is 1060. The molecule has 0 spiro atoms. The van der Waals surface area contributed by atoms with Crippen molar-refractivity contribution in [2.45, 2.75) is 18.7 Å². The van der Waals surface area contributed by atoms with E-state index in [0.29, 0.717) is 0 Å². The van der Waals surface area contributed by atoms with Crippen molar-refractivity contribution >= 4 is 50.8 Å². The maximum atomic E-state index is 13.7. The fraction of sp³-hybridized carbons (Fsp3) is 0.263. The molecule has 0 saturated heterocycles. The molecule has 162 valence electrons. The van der Waals surface area contributed by atoms with E-state index in [1.165, 1.54) is 28.6 Å². The van der Waals surface area contributed by atoms with E-state index in [1.807, 2.05) is 0 Å². The Kier molecular flexibility index (Phi) is 8.19. The van der Waals surface area contributed by atoms with Crippen molar-refractivity contribution in [3.8, 4) is 0 Å². The number of benzene rings is 2. The van der Waals surface area contributed by atoms with E-state index in [1.54, 1.807) is 13.8 Å². The Morgan fingerprint density at radius 1 is 1.10 bits per heavy atom. The molecule has 0 saturated carbocycles. The van der Waals surface area contributed by atoms with Crippen molar-refractivity contribution in [1.82, 2.24) is 4.31 Å². The number of carbonyl (C=O) groups is 2. The van der Waals surface area contributed by atoms with E-state index in [2.05, 4.69) is 5.32 Å². The van der Waals surface area contributed by atoms with Crippen LogP contribution in [0.5, 0.6) is 0 Å². The van der Waals surface area contributed by atoms with E-state index < -0.39 is 34.3 Å². The van der Waals surface area contributed by atoms with Crippen molar-refractivity contribution in [3.63, 3.8) is 0 Å². The van der Waals surface area contributed by atoms with E-state index in [-0.39, 0.29) is 39.3 Å². The quantitative estimate of drug-likeness (QED) is 0.582. The number of ether oxygens (including phenoxy) is 1. The summed E-state index contributed by atoms with van der Waals surface area (Å²) in [5.74, 6) is -2.55. The van der Waals surface area contributed by atoms with Crippen LogP contribution in [-0.2, 0) is 19.6 Å². The molecule has 7 nitrogen and oxygen atoms in total. The summed E-state index contributed by atoms with van der Waals surface area (Å²) in [6.45, 7) is 3.15. The predicted molar refractivity (Wildman–Crippen MR) is 112 cm³/mol. The monoisotopic (exact) mass is 476 g/mol. The number of carbonyl (C=O) groups excluding carboxylic acids is 2. The van der Waals surface area contributed by atoms with E-state index in [0.717, 1.165) is 12.1 Å². The zero-order chi connectivity index (χ0) is 22.5. The first-order chi connectivity index (χ1) is 14.1. The Balaban J connectivity index is 2.12. The van der Waals surface area contributed by atoms with Crippen LogP contribution in [0.3, 0.4) is 0 Å². The van der Waals surface area contributed by atoms with Gasteiger partial charge in [-0.25, -0.2) is 17.6 Å². The van der Waals surface area contributed by atoms with Crippen LogP contribution in [0.2, 0.25) is 10.0 Å². The van der Waals surface area contributed by atoms with E-state index in [4.69, 9.17) is 27.9 Å². The largest absolute Gasteiger partial charge is 0.452 e. The molecule has 0 radical (unpaired) electrons. The molecule has 2 aromatic carbocycles. The van der Waals surface area contributed by atoms with Gasteiger partial charge in [0.15, 0.2) is 6.61 Å². The summed E-state index contributed by atoms with van der Waals surface area (Å²) < 4.78 is 45.1. The van der Waals surface area contributed by atoms with Crippen molar-refractivity contribution < 1.29 is 27.1 Å². The number of anilines is 1. The first-order valence-corrected chi connectivity index (χ1v) is 11.0. The minimum atomic E-state index is -3.82. The molecule has 2 aromatic rings. The predicted octanol–water partition coefficient (Wildman–Crippen LogP) is 3.96. The van der Waals surface area contributed by atoms with Crippen molar-refractivity contribution in [2.75, 3.05) is 25.0 Å². The number of hydrogen-bond acceptors (Lipinski definition) is 5. The van der Waals surface area contributed by atoms with Crippen LogP contribution < -0.4 is 5.32 Å². The molecular weight excluding hydrogens is 458 g/mol. The second-order valence-electron chi connectivity index (χ2n) is 5.98. The zero-order valence-corrected chi connectivity index (χ0v) is 18.4. The van der Waals surface area contributed by atoms with Gasteiger partial charge in [0.1, 0.15) is 5.82 Å². The van der Waals surface area contributed by atoms with Gasteiger partial charge in [-0.3, -0.25) is 4.79 Å². The summed E-state index contributed by atoms with van der Waals surface area (Å²) in [4.78, 5) is 24.1. The smallest absolute Gasteiger partial charge is 0.340 e. The topological polar surface area (TPSA) is 92.8 Å². The number of halogens is 3. The molecule has 0 fully saturated rings. The molecule has 2 rings (SSSR count). The first kappa shape index (κ1) is 24.1. The fourth-order valence-electron chi connectivity index (χ4n) is 2.52. The van der Waals surface area contributed by atoms with Crippen LogP contribution in [0.15, 0.2) is 41.3 Å². The highest BCUT2D eigenvalue weighted by molar-refractivity contribution is 7.89. The number of sulfonamides is 1. The third-order valence-corrected chi connectivity index (χ3v) is 6.65. The lowest BCUT2D eigenvalue weighted by atomic mass is 10.2. The molecule has 0 heterocycles. The summed E-state index contributed by atoms with van der Waals surface area (Å²) in [6.07, 6.45) is 0. The molecule has 1 N–H and O–H groups in total. The second kappa shape index (κ2) is 10.2. The number of nitrogens with one attached hydrogen (secondary N) is 1. The maximum absolute atomic E-state index is 13.7. The average Bonchev–Trinajstić information content (AvgIpc) is 2.69. The van der Waals surface area contributed by atoms with Crippen LogP contribution in [0, 0.1) is 5.82 Å². The lowest BCUT2D eigenvalue weighted by Crippen LogP contribution is -2.30.